The summed E-state index contributed by atoms with van der Waals surface area (Å²) in [7, 11) is 0. The van der Waals surface area contributed by atoms with Crippen molar-refractivity contribution in [1.29, 1.82) is 0 Å². The highest BCUT2D eigenvalue weighted by molar-refractivity contribution is 6.25. The first-order valence-electron chi connectivity index (χ1n) is 18.1. The molecule has 0 unspecified atom stereocenters. The van der Waals surface area contributed by atoms with Gasteiger partial charge < -0.3 is 4.42 Å². The molecule has 1 heterocycles. The van der Waals surface area contributed by atoms with Crippen molar-refractivity contribution in [2.45, 2.75) is 0 Å². The summed E-state index contributed by atoms with van der Waals surface area (Å²) < 4.78 is 6.58. The van der Waals surface area contributed by atoms with E-state index in [4.69, 9.17) is 9.40 Å². The summed E-state index contributed by atoms with van der Waals surface area (Å²) in [5.41, 5.74) is 10.0. The van der Waals surface area contributed by atoms with Gasteiger partial charge in [0.25, 0.3) is 0 Å². The third-order valence-corrected chi connectivity index (χ3v) is 10.9. The van der Waals surface area contributed by atoms with Gasteiger partial charge in [0.1, 0.15) is 5.52 Å². The van der Waals surface area contributed by atoms with Gasteiger partial charge >= 0.3 is 0 Å². The van der Waals surface area contributed by atoms with E-state index in [0.29, 0.717) is 5.89 Å². The van der Waals surface area contributed by atoms with Crippen LogP contribution in [-0.2, 0) is 0 Å². The Bertz CT molecular complexity index is 3160. The van der Waals surface area contributed by atoms with E-state index in [0.717, 1.165) is 32.8 Å². The zero-order valence-corrected chi connectivity index (χ0v) is 28.8. The Morgan fingerprint density at radius 3 is 1.68 bits per heavy atom. The Morgan fingerprint density at radius 1 is 0.340 bits per heavy atom. The number of benzene rings is 10. The summed E-state index contributed by atoms with van der Waals surface area (Å²) in [5, 5.41) is 12.0. The average Bonchev–Trinajstić information content (AvgIpc) is 3.68. The summed E-state index contributed by atoms with van der Waals surface area (Å²) in [5.74, 6) is 0.638. The molecule has 1 aromatic heterocycles. The first-order valence-corrected chi connectivity index (χ1v) is 18.1. The van der Waals surface area contributed by atoms with E-state index < -0.39 is 0 Å². The van der Waals surface area contributed by atoms with Gasteiger partial charge in [0.2, 0.25) is 5.89 Å². The molecule has 0 saturated carbocycles. The van der Waals surface area contributed by atoms with Crippen LogP contribution in [0.15, 0.2) is 192 Å². The van der Waals surface area contributed by atoms with Crippen molar-refractivity contribution in [2.24, 2.45) is 0 Å². The molecule has 0 spiro atoms. The van der Waals surface area contributed by atoms with Crippen molar-refractivity contribution >= 4 is 65.0 Å². The molecular formula is C51H31NO. The minimum absolute atomic E-state index is 0.638. The number of nitrogens with zero attached hydrogens (tertiary/aromatic N) is 1. The summed E-state index contributed by atoms with van der Waals surface area (Å²) in [6, 6.07) is 67.7. The fourth-order valence-corrected chi connectivity index (χ4v) is 8.42. The van der Waals surface area contributed by atoms with Crippen LogP contribution in [0.4, 0.5) is 0 Å². The SMILES string of the molecule is c1ccc(-c2ccc3c(-c4c5ccccc5c(-c5ccc6ccc7ccc8nc(-c9ccccc9)oc8c7c6c5)c5ccccc45)cccc3c2)cc1. The summed E-state index contributed by atoms with van der Waals surface area (Å²) in [6.07, 6.45) is 0. The van der Waals surface area contributed by atoms with Crippen LogP contribution in [0.25, 0.3) is 110 Å². The van der Waals surface area contributed by atoms with Crippen molar-refractivity contribution in [3.8, 4) is 44.8 Å². The Labute approximate surface area is 306 Å². The first-order chi connectivity index (χ1) is 26.3. The number of oxazole rings is 1. The first kappa shape index (κ1) is 29.7. The lowest BCUT2D eigenvalue weighted by atomic mass is 9.84. The highest BCUT2D eigenvalue weighted by Crippen LogP contribution is 2.46. The quantitative estimate of drug-likeness (QED) is 0.137. The number of hydrogen-bond acceptors (Lipinski definition) is 2. The molecule has 246 valence electrons. The molecule has 0 atom stereocenters. The zero-order valence-electron chi connectivity index (χ0n) is 28.8. The molecule has 2 heteroatoms. The minimum atomic E-state index is 0.638. The maximum atomic E-state index is 6.58. The highest BCUT2D eigenvalue weighted by atomic mass is 16.3. The maximum Gasteiger partial charge on any atom is 0.227 e. The molecule has 0 saturated heterocycles. The molecule has 0 fully saturated rings. The molecule has 0 aliphatic carbocycles. The van der Waals surface area contributed by atoms with Crippen LogP contribution in [0, 0.1) is 0 Å². The highest BCUT2D eigenvalue weighted by Gasteiger charge is 2.19. The maximum absolute atomic E-state index is 6.58. The predicted molar refractivity (Wildman–Crippen MR) is 223 cm³/mol. The fraction of sp³-hybridized carbons (Fsp3) is 0. The van der Waals surface area contributed by atoms with Crippen LogP contribution < -0.4 is 0 Å². The Morgan fingerprint density at radius 2 is 0.943 bits per heavy atom. The van der Waals surface area contributed by atoms with E-state index in [2.05, 4.69) is 158 Å². The van der Waals surface area contributed by atoms with Crippen molar-refractivity contribution in [3.63, 3.8) is 0 Å². The van der Waals surface area contributed by atoms with Gasteiger partial charge in [-0.3, -0.25) is 0 Å². The molecule has 0 bridgehead atoms. The average molecular weight is 674 g/mol. The summed E-state index contributed by atoms with van der Waals surface area (Å²) >= 11 is 0. The Balaban J connectivity index is 1.16. The number of hydrogen-bond donors (Lipinski definition) is 0. The van der Waals surface area contributed by atoms with Gasteiger partial charge in [-0.15, -0.1) is 0 Å². The zero-order chi connectivity index (χ0) is 34.9. The van der Waals surface area contributed by atoms with Gasteiger partial charge in [-0.1, -0.05) is 158 Å². The summed E-state index contributed by atoms with van der Waals surface area (Å²) in [6.45, 7) is 0. The van der Waals surface area contributed by atoms with Crippen LogP contribution >= 0.6 is 0 Å². The van der Waals surface area contributed by atoms with E-state index >= 15 is 0 Å². The lowest BCUT2D eigenvalue weighted by Crippen LogP contribution is -1.92. The second-order valence-corrected chi connectivity index (χ2v) is 13.8. The monoisotopic (exact) mass is 673 g/mol. The molecule has 10 aromatic carbocycles. The van der Waals surface area contributed by atoms with Crippen LogP contribution in [-0.4, -0.2) is 4.98 Å². The number of rotatable bonds is 4. The largest absolute Gasteiger partial charge is 0.435 e. The van der Waals surface area contributed by atoms with E-state index in [9.17, 15) is 0 Å². The van der Waals surface area contributed by atoms with E-state index in [1.165, 1.54) is 71.1 Å². The van der Waals surface area contributed by atoms with Crippen molar-refractivity contribution in [2.75, 3.05) is 0 Å². The molecule has 2 nitrogen and oxygen atoms in total. The smallest absolute Gasteiger partial charge is 0.227 e. The molecule has 0 aliphatic heterocycles. The van der Waals surface area contributed by atoms with Crippen molar-refractivity contribution in [1.82, 2.24) is 4.98 Å². The molecule has 0 N–H and O–H groups in total. The van der Waals surface area contributed by atoms with Gasteiger partial charge in [-0.05, 0) is 112 Å². The van der Waals surface area contributed by atoms with Crippen LogP contribution in [0.2, 0.25) is 0 Å². The van der Waals surface area contributed by atoms with E-state index in [1.807, 2.05) is 30.3 Å². The van der Waals surface area contributed by atoms with Gasteiger partial charge in [-0.2, -0.15) is 0 Å². The molecule has 0 amide bonds. The topological polar surface area (TPSA) is 26.0 Å². The normalized spacial score (nSPS) is 11.8. The lowest BCUT2D eigenvalue weighted by Gasteiger charge is -2.19. The van der Waals surface area contributed by atoms with Crippen LogP contribution in [0.5, 0.6) is 0 Å². The minimum Gasteiger partial charge on any atom is -0.435 e. The van der Waals surface area contributed by atoms with Crippen molar-refractivity contribution in [3.05, 3.63) is 188 Å². The molecule has 11 aromatic rings. The van der Waals surface area contributed by atoms with Gasteiger partial charge in [0, 0.05) is 10.9 Å². The molecule has 0 radical (unpaired) electrons. The Hall–Kier alpha value is -7.03. The number of fused-ring (bicyclic) bond motifs is 8. The van der Waals surface area contributed by atoms with E-state index in [1.54, 1.807) is 0 Å². The van der Waals surface area contributed by atoms with E-state index in [-0.39, 0.29) is 0 Å². The molecule has 0 aliphatic rings. The number of aromatic nitrogens is 1. The fourth-order valence-electron chi connectivity index (χ4n) is 8.42. The van der Waals surface area contributed by atoms with Gasteiger partial charge in [0.15, 0.2) is 5.58 Å². The van der Waals surface area contributed by atoms with Crippen LogP contribution in [0.3, 0.4) is 0 Å². The second kappa shape index (κ2) is 11.8. The molecule has 53 heavy (non-hydrogen) atoms. The standard InChI is InChI=1S/C51H31NO/c1-3-12-32(13-4-1)36-26-28-39-37(30-36)16-11-21-40(39)49-43-19-9-7-17-41(43)47(42-18-8-10-20-44(42)49)38-25-23-33-22-24-34-27-29-46-50(48(34)45(33)31-38)53-51(52-46)35-14-5-2-6-15-35/h1-31H. The third kappa shape index (κ3) is 4.70. The van der Waals surface area contributed by atoms with Crippen molar-refractivity contribution < 1.29 is 4.42 Å². The summed E-state index contributed by atoms with van der Waals surface area (Å²) in [4.78, 5) is 4.92. The molecule has 11 rings (SSSR count). The molecular weight excluding hydrogens is 643 g/mol. The van der Waals surface area contributed by atoms with Gasteiger partial charge in [0.05, 0.1) is 0 Å². The Kier molecular flexibility index (Phi) is 6.59. The predicted octanol–water partition coefficient (Wildman–Crippen LogP) is 14.3. The second-order valence-electron chi connectivity index (χ2n) is 13.8. The van der Waals surface area contributed by atoms with Gasteiger partial charge in [-0.25, -0.2) is 4.98 Å². The van der Waals surface area contributed by atoms with Crippen LogP contribution in [0.1, 0.15) is 0 Å². The lowest BCUT2D eigenvalue weighted by molar-refractivity contribution is 0.623. The third-order valence-electron chi connectivity index (χ3n) is 10.9.